The molecule has 0 aliphatic heterocycles. The van der Waals surface area contributed by atoms with E-state index in [2.05, 4.69) is 20.7 Å². The molecule has 1 fully saturated rings. The molecule has 7 nitrogen and oxygen atoms in total. The first kappa shape index (κ1) is 18.6. The number of hydrogen-bond acceptors (Lipinski definition) is 5. The summed E-state index contributed by atoms with van der Waals surface area (Å²) in [5.41, 5.74) is 0.425. The largest absolute Gasteiger partial charge is 0.387 e. The zero-order chi connectivity index (χ0) is 19.1. The van der Waals surface area contributed by atoms with Crippen molar-refractivity contribution in [3.8, 4) is 0 Å². The number of fused-ring (bicyclic) bond motifs is 1. The van der Waals surface area contributed by atoms with Gasteiger partial charge in [-0.3, -0.25) is 4.79 Å². The minimum Gasteiger partial charge on any atom is -0.387 e. The van der Waals surface area contributed by atoms with E-state index in [1.807, 2.05) is 19.9 Å². The minimum atomic E-state index is -1.57. The van der Waals surface area contributed by atoms with Crippen molar-refractivity contribution in [1.29, 1.82) is 0 Å². The van der Waals surface area contributed by atoms with Crippen molar-refractivity contribution in [2.24, 2.45) is 0 Å². The van der Waals surface area contributed by atoms with Gasteiger partial charge in [-0.1, -0.05) is 0 Å². The highest BCUT2D eigenvalue weighted by Crippen LogP contribution is 2.39. The molecule has 1 atom stereocenters. The Morgan fingerprint density at radius 3 is 2.73 bits per heavy atom. The molecular formula is C18H26FN5O2. The van der Waals surface area contributed by atoms with Crippen LogP contribution in [0.5, 0.6) is 0 Å². The molecule has 0 spiro atoms. The fraction of sp³-hybridized carbons (Fsp3) is 0.611. The van der Waals surface area contributed by atoms with Gasteiger partial charge in [-0.15, -0.1) is 0 Å². The van der Waals surface area contributed by atoms with E-state index in [1.54, 1.807) is 4.52 Å². The molecule has 142 valence electrons. The highest BCUT2D eigenvalue weighted by molar-refractivity contribution is 5.99. The third-order valence-corrected chi connectivity index (χ3v) is 4.38. The summed E-state index contributed by atoms with van der Waals surface area (Å²) in [6, 6.07) is 2.02. The van der Waals surface area contributed by atoms with E-state index in [-0.39, 0.29) is 12.6 Å². The van der Waals surface area contributed by atoms with Crippen LogP contribution in [0.25, 0.3) is 5.65 Å². The van der Waals surface area contributed by atoms with Crippen molar-refractivity contribution in [2.45, 2.75) is 64.3 Å². The summed E-state index contributed by atoms with van der Waals surface area (Å²) in [5, 5.41) is 20.1. The minimum absolute atomic E-state index is 0.0750. The number of nitrogens with one attached hydrogen (secondary N) is 2. The Morgan fingerprint density at radius 2 is 2.15 bits per heavy atom. The molecule has 1 aliphatic carbocycles. The summed E-state index contributed by atoms with van der Waals surface area (Å²) in [7, 11) is 0. The standard InChI is InChI=1S/C18H26FN5O2/c1-10(2)22-16-12(17(25)21-9-14(19)18(3,4)26)8-20-15-7-13(11-5-6-11)23-24(15)16/h7-8,10-11,14,22,26H,5-6,9H2,1-4H3,(H,21,25). The number of aromatic nitrogens is 3. The Balaban J connectivity index is 1.89. The van der Waals surface area contributed by atoms with E-state index in [0.717, 1.165) is 18.5 Å². The monoisotopic (exact) mass is 363 g/mol. The van der Waals surface area contributed by atoms with Crippen molar-refractivity contribution >= 4 is 17.4 Å². The molecular weight excluding hydrogens is 337 g/mol. The molecule has 1 amide bonds. The number of nitrogens with zero attached hydrogens (tertiary/aromatic N) is 3. The van der Waals surface area contributed by atoms with Gasteiger partial charge in [0.25, 0.3) is 5.91 Å². The van der Waals surface area contributed by atoms with Gasteiger partial charge in [0.1, 0.15) is 17.6 Å². The van der Waals surface area contributed by atoms with Gasteiger partial charge in [0.2, 0.25) is 0 Å². The lowest BCUT2D eigenvalue weighted by atomic mass is 10.0. The first-order chi connectivity index (χ1) is 12.2. The molecule has 3 rings (SSSR count). The number of hydrogen-bond donors (Lipinski definition) is 3. The van der Waals surface area contributed by atoms with Crippen molar-refractivity contribution < 1.29 is 14.3 Å². The average molecular weight is 363 g/mol. The van der Waals surface area contributed by atoms with Crippen LogP contribution in [0.4, 0.5) is 10.2 Å². The molecule has 0 aromatic carbocycles. The smallest absolute Gasteiger partial charge is 0.256 e. The summed E-state index contributed by atoms with van der Waals surface area (Å²) >= 11 is 0. The zero-order valence-corrected chi connectivity index (χ0v) is 15.6. The lowest BCUT2D eigenvalue weighted by Crippen LogP contribution is -2.42. The Kier molecular flexibility index (Phi) is 4.88. The molecule has 3 N–H and O–H groups in total. The van der Waals surface area contributed by atoms with Gasteiger partial charge in [-0.2, -0.15) is 9.61 Å². The third-order valence-electron chi connectivity index (χ3n) is 4.38. The molecule has 2 aromatic heterocycles. The van der Waals surface area contributed by atoms with E-state index in [9.17, 15) is 14.3 Å². The molecule has 1 unspecified atom stereocenters. The zero-order valence-electron chi connectivity index (χ0n) is 15.6. The van der Waals surface area contributed by atoms with Gasteiger partial charge in [0.15, 0.2) is 5.65 Å². The lowest BCUT2D eigenvalue weighted by molar-refractivity contribution is -0.00177. The molecule has 0 radical (unpaired) electrons. The molecule has 8 heteroatoms. The number of halogens is 1. The second-order valence-corrected chi connectivity index (χ2v) is 7.76. The van der Waals surface area contributed by atoms with Gasteiger partial charge in [0.05, 0.1) is 17.8 Å². The van der Waals surface area contributed by atoms with Crippen LogP contribution in [-0.4, -0.2) is 50.0 Å². The Hall–Kier alpha value is -2.22. The SMILES string of the molecule is CC(C)Nc1c(C(=O)NCC(F)C(C)(C)O)cnc2cc(C3CC3)nn12. The number of rotatable bonds is 7. The van der Waals surface area contributed by atoms with Crippen LogP contribution in [0, 0.1) is 0 Å². The van der Waals surface area contributed by atoms with Crippen molar-refractivity contribution in [1.82, 2.24) is 19.9 Å². The van der Waals surface area contributed by atoms with E-state index >= 15 is 0 Å². The van der Waals surface area contributed by atoms with E-state index in [1.165, 1.54) is 20.0 Å². The highest BCUT2D eigenvalue weighted by Gasteiger charge is 2.29. The molecule has 0 bridgehead atoms. The summed E-state index contributed by atoms with van der Waals surface area (Å²) in [6.07, 6.45) is 2.15. The van der Waals surface area contributed by atoms with Crippen LogP contribution in [0.3, 0.4) is 0 Å². The number of aliphatic hydroxyl groups is 1. The predicted molar refractivity (Wildman–Crippen MR) is 97.2 cm³/mol. The van der Waals surface area contributed by atoms with Crippen LogP contribution >= 0.6 is 0 Å². The first-order valence-electron chi connectivity index (χ1n) is 8.96. The molecule has 0 saturated heterocycles. The van der Waals surface area contributed by atoms with E-state index in [4.69, 9.17) is 0 Å². The average Bonchev–Trinajstić information content (AvgIpc) is 3.30. The Bertz CT molecular complexity index is 808. The summed E-state index contributed by atoms with van der Waals surface area (Å²) < 4.78 is 15.6. The van der Waals surface area contributed by atoms with Crippen molar-refractivity contribution in [2.75, 3.05) is 11.9 Å². The number of alkyl halides is 1. The van der Waals surface area contributed by atoms with Crippen molar-refractivity contribution in [3.63, 3.8) is 0 Å². The fourth-order valence-electron chi connectivity index (χ4n) is 2.64. The molecule has 1 saturated carbocycles. The molecule has 2 aromatic rings. The number of anilines is 1. The number of amides is 1. The lowest BCUT2D eigenvalue weighted by Gasteiger charge is -2.22. The van der Waals surface area contributed by atoms with Gasteiger partial charge in [0, 0.05) is 24.2 Å². The Labute approximate surface area is 152 Å². The summed E-state index contributed by atoms with van der Waals surface area (Å²) in [5.74, 6) is 0.547. The summed E-state index contributed by atoms with van der Waals surface area (Å²) in [6.45, 7) is 6.38. The van der Waals surface area contributed by atoms with Gasteiger partial charge >= 0.3 is 0 Å². The maximum absolute atomic E-state index is 13.9. The highest BCUT2D eigenvalue weighted by atomic mass is 19.1. The van der Waals surface area contributed by atoms with Crippen LogP contribution in [0.15, 0.2) is 12.3 Å². The fourth-order valence-corrected chi connectivity index (χ4v) is 2.64. The van der Waals surface area contributed by atoms with Gasteiger partial charge in [-0.25, -0.2) is 9.37 Å². The summed E-state index contributed by atoms with van der Waals surface area (Å²) in [4.78, 5) is 16.9. The molecule has 1 aliphatic rings. The maximum atomic E-state index is 13.9. The topological polar surface area (TPSA) is 91.5 Å². The number of carbonyl (C=O) groups excluding carboxylic acids is 1. The van der Waals surface area contributed by atoms with Crippen LogP contribution in [0.2, 0.25) is 0 Å². The Morgan fingerprint density at radius 1 is 1.46 bits per heavy atom. The first-order valence-corrected chi connectivity index (χ1v) is 8.96. The maximum Gasteiger partial charge on any atom is 0.256 e. The van der Waals surface area contributed by atoms with Gasteiger partial charge in [-0.05, 0) is 40.5 Å². The quantitative estimate of drug-likeness (QED) is 0.702. The van der Waals surface area contributed by atoms with E-state index < -0.39 is 17.7 Å². The normalized spacial score (nSPS) is 16.1. The predicted octanol–water partition coefficient (Wildman–Crippen LogP) is 2.27. The second-order valence-electron chi connectivity index (χ2n) is 7.76. The molecule has 2 heterocycles. The van der Waals surface area contributed by atoms with Crippen LogP contribution < -0.4 is 10.6 Å². The number of carbonyl (C=O) groups is 1. The van der Waals surface area contributed by atoms with Crippen molar-refractivity contribution in [3.05, 3.63) is 23.5 Å². The van der Waals surface area contributed by atoms with Gasteiger partial charge < -0.3 is 15.7 Å². The van der Waals surface area contributed by atoms with Crippen LogP contribution in [0.1, 0.15) is 62.5 Å². The molecule has 26 heavy (non-hydrogen) atoms. The van der Waals surface area contributed by atoms with E-state index in [0.29, 0.717) is 22.9 Å². The third kappa shape index (κ3) is 3.95. The van der Waals surface area contributed by atoms with Crippen LogP contribution in [-0.2, 0) is 0 Å². The second kappa shape index (κ2) is 6.83.